The van der Waals surface area contributed by atoms with Crippen molar-refractivity contribution in [1.82, 2.24) is 20.3 Å². The normalized spacial score (nSPS) is 22.8. The van der Waals surface area contributed by atoms with E-state index in [0.717, 1.165) is 23.2 Å². The van der Waals surface area contributed by atoms with Crippen LogP contribution in [0.15, 0.2) is 35.7 Å². The maximum atomic E-state index is 15.1. The van der Waals surface area contributed by atoms with Gasteiger partial charge in [-0.25, -0.2) is 28.1 Å². The lowest BCUT2D eigenvalue weighted by atomic mass is 9.92. The Kier molecular flexibility index (Phi) is 6.06. The van der Waals surface area contributed by atoms with E-state index < -0.39 is 35.7 Å². The van der Waals surface area contributed by atoms with Crippen LogP contribution in [0.25, 0.3) is 0 Å². The third-order valence-electron chi connectivity index (χ3n) is 5.62. The summed E-state index contributed by atoms with van der Waals surface area (Å²) in [7, 11) is 1.48. The zero-order valence-corrected chi connectivity index (χ0v) is 17.2. The predicted octanol–water partition coefficient (Wildman–Crippen LogP) is 2.24. The first-order chi connectivity index (χ1) is 15.4. The minimum absolute atomic E-state index is 0.0998. The lowest BCUT2D eigenvalue weighted by Gasteiger charge is -2.36. The van der Waals surface area contributed by atoms with Gasteiger partial charge in [-0.05, 0) is 24.1 Å². The van der Waals surface area contributed by atoms with Crippen LogP contribution in [0.4, 0.5) is 19.0 Å². The molecular formula is C21H21F3N6O2. The van der Waals surface area contributed by atoms with Gasteiger partial charge in [-0.1, -0.05) is 0 Å². The number of hydrazone groups is 1. The molecular weight excluding hydrogens is 425 g/mol. The van der Waals surface area contributed by atoms with Crippen molar-refractivity contribution < 1.29 is 22.8 Å². The van der Waals surface area contributed by atoms with Crippen LogP contribution >= 0.6 is 0 Å². The lowest BCUT2D eigenvalue weighted by molar-refractivity contribution is -0.140. The molecule has 1 fully saturated rings. The third-order valence-corrected chi connectivity index (χ3v) is 5.62. The second-order valence-corrected chi connectivity index (χ2v) is 7.63. The Bertz CT molecular complexity index is 1050. The number of hydrogen-bond donors (Lipinski definition) is 1. The van der Waals surface area contributed by atoms with Crippen LogP contribution in [0.1, 0.15) is 34.9 Å². The van der Waals surface area contributed by atoms with Crippen molar-refractivity contribution in [2.45, 2.75) is 25.1 Å². The number of amides is 2. The number of anilines is 1. The summed E-state index contributed by atoms with van der Waals surface area (Å²) < 4.78 is 42.4. The van der Waals surface area contributed by atoms with E-state index in [2.05, 4.69) is 20.4 Å². The molecule has 2 aromatic rings. The molecule has 8 nitrogen and oxygen atoms in total. The Morgan fingerprint density at radius 3 is 2.56 bits per heavy atom. The number of nitrogens with zero attached hydrogens (tertiary/aromatic N) is 5. The van der Waals surface area contributed by atoms with Crippen LogP contribution in [0.3, 0.4) is 0 Å². The minimum atomic E-state index is -1.52. The minimum Gasteiger partial charge on any atom is -0.354 e. The van der Waals surface area contributed by atoms with Gasteiger partial charge in [0.1, 0.15) is 35.6 Å². The van der Waals surface area contributed by atoms with Crippen molar-refractivity contribution in [3.8, 4) is 0 Å². The van der Waals surface area contributed by atoms with E-state index in [1.807, 2.05) is 0 Å². The van der Waals surface area contributed by atoms with Crippen LogP contribution in [-0.2, 0) is 4.79 Å². The Labute approximate surface area is 182 Å². The molecule has 0 spiro atoms. The number of hydrogen-bond acceptors (Lipinski definition) is 6. The Hall–Kier alpha value is -3.50. The van der Waals surface area contributed by atoms with Crippen LogP contribution in [0.5, 0.6) is 0 Å². The smallest absolute Gasteiger partial charge is 0.269 e. The average Bonchev–Trinajstić information content (AvgIpc) is 3.27. The second-order valence-electron chi connectivity index (χ2n) is 7.63. The Balaban J connectivity index is 1.47. The van der Waals surface area contributed by atoms with Gasteiger partial charge in [0.05, 0.1) is 18.5 Å². The number of nitrogens with one attached hydrogen (secondary N) is 1. The third kappa shape index (κ3) is 4.27. The number of carbonyl (C=O) groups is 2. The highest BCUT2D eigenvalue weighted by molar-refractivity contribution is 5.92. The summed E-state index contributed by atoms with van der Waals surface area (Å²) in [5, 5.41) is 7.63. The molecule has 2 amide bonds. The number of benzene rings is 1. The first-order valence-electron chi connectivity index (χ1n) is 10.1. The molecule has 2 aliphatic heterocycles. The van der Waals surface area contributed by atoms with E-state index in [1.54, 1.807) is 4.90 Å². The van der Waals surface area contributed by atoms with Crippen molar-refractivity contribution in [2.75, 3.05) is 25.0 Å². The first-order valence-corrected chi connectivity index (χ1v) is 10.1. The fourth-order valence-electron chi connectivity index (χ4n) is 4.00. The molecule has 11 heteroatoms. The van der Waals surface area contributed by atoms with Crippen molar-refractivity contribution in [1.29, 1.82) is 0 Å². The summed E-state index contributed by atoms with van der Waals surface area (Å²) in [6.45, 7) is 0.231. The number of rotatable bonds is 4. The molecule has 4 rings (SSSR count). The molecule has 0 bridgehead atoms. The van der Waals surface area contributed by atoms with Crippen LogP contribution < -0.4 is 10.2 Å². The van der Waals surface area contributed by atoms with Crippen molar-refractivity contribution in [3.05, 3.63) is 53.5 Å². The summed E-state index contributed by atoms with van der Waals surface area (Å²) >= 11 is 0. The first kappa shape index (κ1) is 21.7. The van der Waals surface area contributed by atoms with E-state index in [0.29, 0.717) is 12.4 Å². The largest absolute Gasteiger partial charge is 0.354 e. The molecule has 1 aromatic heterocycles. The summed E-state index contributed by atoms with van der Waals surface area (Å²) in [4.78, 5) is 34.5. The standard InChI is InChI=1S/C21H21F3N6O2/c1-25-20(31)17-9-19(27-11-26-17)29-5-3-15(16(24)10-29)21(32)30-18(2-4-28-30)12-6-13(22)8-14(23)7-12/h4,6-9,11,15-16,18H,2-3,5,10H2,1H3,(H,25,31)/t15-,16+,18+/m0/s1. The van der Waals surface area contributed by atoms with Gasteiger partial charge in [0, 0.05) is 38.4 Å². The van der Waals surface area contributed by atoms with Crippen LogP contribution in [0, 0.1) is 17.6 Å². The van der Waals surface area contributed by atoms with Crippen molar-refractivity contribution >= 4 is 23.8 Å². The van der Waals surface area contributed by atoms with E-state index in [1.165, 1.54) is 25.7 Å². The van der Waals surface area contributed by atoms with Gasteiger partial charge >= 0.3 is 0 Å². The monoisotopic (exact) mass is 446 g/mol. The zero-order valence-electron chi connectivity index (χ0n) is 17.2. The van der Waals surface area contributed by atoms with Crippen LogP contribution in [0.2, 0.25) is 0 Å². The molecule has 0 saturated carbocycles. The molecule has 168 valence electrons. The lowest BCUT2D eigenvalue weighted by Crippen LogP contribution is -2.48. The maximum Gasteiger partial charge on any atom is 0.269 e. The quantitative estimate of drug-likeness (QED) is 0.778. The fourth-order valence-corrected chi connectivity index (χ4v) is 4.00. The number of alkyl halides is 1. The molecule has 3 heterocycles. The average molecular weight is 446 g/mol. The van der Waals surface area contributed by atoms with Gasteiger partial charge in [-0.2, -0.15) is 5.10 Å². The van der Waals surface area contributed by atoms with Gasteiger partial charge in [0.15, 0.2) is 0 Å². The van der Waals surface area contributed by atoms with Crippen molar-refractivity contribution in [3.63, 3.8) is 0 Å². The molecule has 0 unspecified atom stereocenters. The number of carbonyl (C=O) groups excluding carboxylic acids is 2. The van der Waals surface area contributed by atoms with Crippen molar-refractivity contribution in [2.24, 2.45) is 11.0 Å². The number of piperidine rings is 1. The molecule has 32 heavy (non-hydrogen) atoms. The maximum absolute atomic E-state index is 15.1. The van der Waals surface area contributed by atoms with Gasteiger partial charge in [-0.3, -0.25) is 9.59 Å². The van der Waals surface area contributed by atoms with Gasteiger partial charge in [0.25, 0.3) is 5.91 Å². The molecule has 0 radical (unpaired) electrons. The number of halogens is 3. The molecule has 0 aliphatic carbocycles. The zero-order chi connectivity index (χ0) is 22.8. The van der Waals surface area contributed by atoms with E-state index in [4.69, 9.17) is 0 Å². The summed E-state index contributed by atoms with van der Waals surface area (Å²) in [6.07, 6.45) is 1.67. The van der Waals surface area contributed by atoms with E-state index in [9.17, 15) is 18.4 Å². The van der Waals surface area contributed by atoms with E-state index >= 15 is 4.39 Å². The van der Waals surface area contributed by atoms with Gasteiger partial charge in [0.2, 0.25) is 5.91 Å². The highest BCUT2D eigenvalue weighted by Crippen LogP contribution is 2.34. The van der Waals surface area contributed by atoms with Gasteiger partial charge < -0.3 is 10.2 Å². The SMILES string of the molecule is CNC(=O)c1cc(N2CC[C@H](C(=O)N3N=CC[C@@H]3c3cc(F)cc(F)c3)[C@H](F)C2)ncn1. The molecule has 1 saturated heterocycles. The highest BCUT2D eigenvalue weighted by atomic mass is 19.1. The number of aromatic nitrogens is 2. The summed E-state index contributed by atoms with van der Waals surface area (Å²) in [5.74, 6) is -2.99. The molecule has 3 atom stereocenters. The topological polar surface area (TPSA) is 90.8 Å². The van der Waals surface area contributed by atoms with Crippen LogP contribution in [-0.4, -0.2) is 59.3 Å². The second kappa shape index (κ2) is 8.93. The fraction of sp³-hybridized carbons (Fsp3) is 0.381. The Morgan fingerprint density at radius 2 is 1.88 bits per heavy atom. The highest BCUT2D eigenvalue weighted by Gasteiger charge is 2.40. The predicted molar refractivity (Wildman–Crippen MR) is 110 cm³/mol. The molecule has 2 aliphatic rings. The van der Waals surface area contributed by atoms with E-state index in [-0.39, 0.29) is 36.6 Å². The van der Waals surface area contributed by atoms with Gasteiger partial charge in [-0.15, -0.1) is 0 Å². The molecule has 1 aromatic carbocycles. The summed E-state index contributed by atoms with van der Waals surface area (Å²) in [6, 6.07) is 3.83. The summed E-state index contributed by atoms with van der Waals surface area (Å²) in [5.41, 5.74) is 0.423. The Morgan fingerprint density at radius 1 is 1.12 bits per heavy atom. The molecule has 1 N–H and O–H groups in total.